The summed E-state index contributed by atoms with van der Waals surface area (Å²) < 4.78 is 2.44. The molecule has 1 aromatic heterocycles. The lowest BCUT2D eigenvalue weighted by atomic mass is 9.81. The van der Waals surface area contributed by atoms with Gasteiger partial charge in [0.1, 0.15) is 0 Å². The summed E-state index contributed by atoms with van der Waals surface area (Å²) in [5.41, 5.74) is 6.45. The van der Waals surface area contributed by atoms with Crippen molar-refractivity contribution >= 4 is 21.8 Å². The van der Waals surface area contributed by atoms with Gasteiger partial charge in [-0.1, -0.05) is 77.9 Å². The number of rotatable bonds is 1. The highest BCUT2D eigenvalue weighted by molar-refractivity contribution is 6.09. The predicted molar refractivity (Wildman–Crippen MR) is 117 cm³/mol. The molecule has 1 heterocycles. The molecule has 0 saturated heterocycles. The van der Waals surface area contributed by atoms with Gasteiger partial charge in [0.05, 0.1) is 16.7 Å². The Balaban J connectivity index is 2.17. The topological polar surface area (TPSA) is 4.93 Å². The van der Waals surface area contributed by atoms with Crippen LogP contribution in [0.1, 0.15) is 52.7 Å². The first-order chi connectivity index (χ1) is 12.7. The van der Waals surface area contributed by atoms with Gasteiger partial charge in [0.25, 0.3) is 0 Å². The summed E-state index contributed by atoms with van der Waals surface area (Å²) in [6.07, 6.45) is 0. The minimum Gasteiger partial charge on any atom is -0.309 e. The standard InChI is InChI=1S/C26H28N/c1-25(2,3)18-15-16-21(26(4,5)6)24(17-18)27-22-13-9-7-11-19(22)20-12-8-10-14-23(20)27/h7-14,16-17H,1-6H3. The number of para-hydroxylation sites is 2. The van der Waals surface area contributed by atoms with E-state index in [1.165, 1.54) is 38.6 Å². The summed E-state index contributed by atoms with van der Waals surface area (Å²) in [6, 6.07) is 25.6. The van der Waals surface area contributed by atoms with Gasteiger partial charge < -0.3 is 4.57 Å². The Morgan fingerprint density at radius 2 is 1.22 bits per heavy atom. The van der Waals surface area contributed by atoms with Gasteiger partial charge in [0.15, 0.2) is 0 Å². The third-order valence-electron chi connectivity index (χ3n) is 5.37. The predicted octanol–water partition coefficient (Wildman–Crippen LogP) is 7.18. The molecule has 0 spiro atoms. The van der Waals surface area contributed by atoms with Crippen LogP contribution in [0.5, 0.6) is 0 Å². The smallest absolute Gasteiger partial charge is 0.0541 e. The summed E-state index contributed by atoms with van der Waals surface area (Å²) >= 11 is 0. The van der Waals surface area contributed by atoms with Crippen molar-refractivity contribution in [2.45, 2.75) is 52.4 Å². The summed E-state index contributed by atoms with van der Waals surface area (Å²) in [5.74, 6) is 0. The first-order valence-corrected chi connectivity index (χ1v) is 9.73. The molecule has 0 saturated carbocycles. The summed E-state index contributed by atoms with van der Waals surface area (Å²) in [7, 11) is 0. The molecule has 0 atom stereocenters. The highest BCUT2D eigenvalue weighted by atomic mass is 15.0. The third kappa shape index (κ3) is 2.96. The number of benzene rings is 3. The number of aromatic nitrogens is 1. The lowest BCUT2D eigenvalue weighted by Gasteiger charge is -2.27. The molecular weight excluding hydrogens is 326 g/mol. The normalized spacial score (nSPS) is 12.8. The summed E-state index contributed by atoms with van der Waals surface area (Å²) in [4.78, 5) is 0. The molecule has 0 fully saturated rings. The molecule has 0 N–H and O–H groups in total. The molecule has 0 aliphatic carbocycles. The van der Waals surface area contributed by atoms with Gasteiger partial charge in [-0.05, 0) is 52.3 Å². The van der Waals surface area contributed by atoms with Gasteiger partial charge in [-0.25, -0.2) is 0 Å². The van der Waals surface area contributed by atoms with E-state index in [-0.39, 0.29) is 10.8 Å². The number of nitrogens with zero attached hydrogens (tertiary/aromatic N) is 1. The summed E-state index contributed by atoms with van der Waals surface area (Å²) in [5, 5.41) is 2.61. The number of fused-ring (bicyclic) bond motifs is 3. The molecule has 1 nitrogen and oxygen atoms in total. The SMILES string of the molecule is CC(C)(C)c1[c]cc(C(C)(C)C)c(-n2c3ccccc3c3ccccc32)c1. The quantitative estimate of drug-likeness (QED) is 0.341. The molecule has 0 aliphatic heterocycles. The lowest BCUT2D eigenvalue weighted by Crippen LogP contribution is -2.18. The Bertz CT molecular complexity index is 1080. The molecule has 1 radical (unpaired) electrons. The Kier molecular flexibility index (Phi) is 3.96. The maximum atomic E-state index is 3.57. The van der Waals surface area contributed by atoms with Crippen LogP contribution in [0.15, 0.2) is 60.7 Å². The molecule has 4 rings (SSSR count). The van der Waals surface area contributed by atoms with E-state index in [0.29, 0.717) is 0 Å². The Hall–Kier alpha value is -2.54. The largest absolute Gasteiger partial charge is 0.309 e. The Morgan fingerprint density at radius 3 is 1.70 bits per heavy atom. The van der Waals surface area contributed by atoms with Crippen molar-refractivity contribution in [1.29, 1.82) is 0 Å². The van der Waals surface area contributed by atoms with Crippen molar-refractivity contribution in [2.75, 3.05) is 0 Å². The van der Waals surface area contributed by atoms with Crippen LogP contribution < -0.4 is 0 Å². The first-order valence-electron chi connectivity index (χ1n) is 9.73. The minimum atomic E-state index is 0.0364. The second-order valence-electron chi connectivity index (χ2n) is 9.52. The summed E-state index contributed by atoms with van der Waals surface area (Å²) in [6.45, 7) is 13.6. The van der Waals surface area contributed by atoms with Gasteiger partial charge in [-0.3, -0.25) is 0 Å². The van der Waals surface area contributed by atoms with Crippen molar-refractivity contribution in [3.63, 3.8) is 0 Å². The number of hydrogen-bond donors (Lipinski definition) is 0. The van der Waals surface area contributed by atoms with Crippen LogP contribution in [0.25, 0.3) is 27.5 Å². The zero-order chi connectivity index (χ0) is 19.4. The van der Waals surface area contributed by atoms with Crippen LogP contribution >= 0.6 is 0 Å². The fourth-order valence-corrected chi connectivity index (χ4v) is 3.88. The molecule has 4 aromatic rings. The van der Waals surface area contributed by atoms with Crippen molar-refractivity contribution in [3.8, 4) is 5.69 Å². The van der Waals surface area contributed by atoms with Gasteiger partial charge in [0, 0.05) is 10.8 Å². The third-order valence-corrected chi connectivity index (χ3v) is 5.37. The van der Waals surface area contributed by atoms with Crippen LogP contribution in [0.4, 0.5) is 0 Å². The van der Waals surface area contributed by atoms with Gasteiger partial charge in [-0.15, -0.1) is 0 Å². The van der Waals surface area contributed by atoms with Crippen LogP contribution in [-0.4, -0.2) is 4.57 Å². The Labute approximate surface area is 162 Å². The minimum absolute atomic E-state index is 0.0364. The number of hydrogen-bond acceptors (Lipinski definition) is 0. The van der Waals surface area contributed by atoms with Crippen LogP contribution in [0, 0.1) is 6.07 Å². The van der Waals surface area contributed by atoms with Crippen LogP contribution in [0.2, 0.25) is 0 Å². The van der Waals surface area contributed by atoms with E-state index in [1.54, 1.807) is 0 Å². The van der Waals surface area contributed by atoms with E-state index in [0.717, 1.165) is 0 Å². The maximum Gasteiger partial charge on any atom is 0.0541 e. The van der Waals surface area contributed by atoms with Gasteiger partial charge in [-0.2, -0.15) is 0 Å². The molecule has 137 valence electrons. The van der Waals surface area contributed by atoms with Crippen LogP contribution in [0.3, 0.4) is 0 Å². The average molecular weight is 355 g/mol. The van der Waals surface area contributed by atoms with Crippen molar-refractivity contribution < 1.29 is 0 Å². The zero-order valence-electron chi connectivity index (χ0n) is 17.2. The zero-order valence-corrected chi connectivity index (χ0v) is 17.2. The highest BCUT2D eigenvalue weighted by Gasteiger charge is 2.24. The molecule has 0 unspecified atom stereocenters. The molecule has 0 aliphatic rings. The van der Waals surface area contributed by atoms with Crippen molar-refractivity contribution in [3.05, 3.63) is 77.9 Å². The van der Waals surface area contributed by atoms with Crippen molar-refractivity contribution in [1.82, 2.24) is 4.57 Å². The van der Waals surface area contributed by atoms with Crippen LogP contribution in [-0.2, 0) is 10.8 Å². The lowest BCUT2D eigenvalue weighted by molar-refractivity contribution is 0.573. The van der Waals surface area contributed by atoms with Crippen molar-refractivity contribution in [2.24, 2.45) is 0 Å². The molecular formula is C26H28N. The fourth-order valence-electron chi connectivity index (χ4n) is 3.88. The molecule has 1 heteroatoms. The first kappa shape index (κ1) is 17.9. The highest BCUT2D eigenvalue weighted by Crippen LogP contribution is 2.38. The van der Waals surface area contributed by atoms with E-state index in [9.17, 15) is 0 Å². The monoisotopic (exact) mass is 354 g/mol. The fraction of sp³-hybridized carbons (Fsp3) is 0.308. The molecule has 27 heavy (non-hydrogen) atoms. The van der Waals surface area contributed by atoms with E-state index < -0.39 is 0 Å². The molecule has 0 bridgehead atoms. The second kappa shape index (κ2) is 5.99. The average Bonchev–Trinajstić information content (AvgIpc) is 2.94. The maximum absolute atomic E-state index is 3.57. The molecule has 0 amide bonds. The van der Waals surface area contributed by atoms with E-state index in [4.69, 9.17) is 0 Å². The van der Waals surface area contributed by atoms with Gasteiger partial charge >= 0.3 is 0 Å². The van der Waals surface area contributed by atoms with E-state index >= 15 is 0 Å². The van der Waals surface area contributed by atoms with E-state index in [2.05, 4.69) is 113 Å². The molecule has 3 aromatic carbocycles. The van der Waals surface area contributed by atoms with Gasteiger partial charge in [0.2, 0.25) is 0 Å². The van der Waals surface area contributed by atoms with E-state index in [1.807, 2.05) is 0 Å². The Morgan fingerprint density at radius 1 is 0.704 bits per heavy atom. The second-order valence-corrected chi connectivity index (χ2v) is 9.52.